The average Bonchev–Trinajstić information content (AvgIpc) is 2.71. The van der Waals surface area contributed by atoms with E-state index in [9.17, 15) is 9.90 Å². The zero-order valence-electron chi connectivity index (χ0n) is 12.4. The number of hydrogen-bond donors (Lipinski definition) is 1. The minimum atomic E-state index is -0.788. The van der Waals surface area contributed by atoms with Gasteiger partial charge < -0.3 is 9.67 Å². The first-order valence-corrected chi connectivity index (χ1v) is 6.88. The molecule has 1 aromatic heterocycles. The maximum absolute atomic E-state index is 11.6. The van der Waals surface area contributed by atoms with Crippen molar-refractivity contribution < 1.29 is 9.90 Å². The van der Waals surface area contributed by atoms with Crippen molar-refractivity contribution in [2.24, 2.45) is 5.92 Å². The van der Waals surface area contributed by atoms with E-state index in [1.54, 1.807) is 0 Å². The summed E-state index contributed by atoms with van der Waals surface area (Å²) >= 11 is 0. The van der Waals surface area contributed by atoms with E-state index in [4.69, 9.17) is 0 Å². The molecule has 2 rings (SSSR count). The molecule has 1 unspecified atom stereocenters. The third-order valence-corrected chi connectivity index (χ3v) is 3.52. The van der Waals surface area contributed by atoms with Crippen LogP contribution in [-0.2, 0) is 4.79 Å². The smallest absolute Gasteiger partial charge is 0.326 e. The molecule has 0 aliphatic carbocycles. The standard InChI is InChI=1S/C17H21NO2/c1-11(2)16(17(19)20)18-10-13(4)9-15(18)14-7-5-12(3)6-8-14/h5-11,16H,1-4H3,(H,19,20). The maximum Gasteiger partial charge on any atom is 0.326 e. The fourth-order valence-electron chi connectivity index (χ4n) is 2.53. The summed E-state index contributed by atoms with van der Waals surface area (Å²) in [6, 6.07) is 9.68. The Kier molecular flexibility index (Phi) is 3.98. The molecule has 0 spiro atoms. The van der Waals surface area contributed by atoms with Crippen LogP contribution in [0.2, 0.25) is 0 Å². The van der Waals surface area contributed by atoms with Gasteiger partial charge in [-0.15, -0.1) is 0 Å². The molecule has 2 aromatic rings. The van der Waals surface area contributed by atoms with Crippen LogP contribution in [-0.4, -0.2) is 15.6 Å². The number of hydrogen-bond acceptors (Lipinski definition) is 1. The van der Waals surface area contributed by atoms with E-state index < -0.39 is 12.0 Å². The van der Waals surface area contributed by atoms with E-state index >= 15 is 0 Å². The van der Waals surface area contributed by atoms with Crippen LogP contribution >= 0.6 is 0 Å². The van der Waals surface area contributed by atoms with Crippen LogP contribution in [0.5, 0.6) is 0 Å². The molecule has 3 heteroatoms. The van der Waals surface area contributed by atoms with Gasteiger partial charge >= 0.3 is 5.97 Å². The van der Waals surface area contributed by atoms with Crippen molar-refractivity contribution >= 4 is 5.97 Å². The lowest BCUT2D eigenvalue weighted by molar-refractivity contribution is -0.142. The molecule has 0 fully saturated rings. The molecule has 106 valence electrons. The van der Waals surface area contributed by atoms with Gasteiger partial charge in [0.05, 0.1) is 0 Å². The molecule has 0 aliphatic rings. The Morgan fingerprint density at radius 1 is 1.10 bits per heavy atom. The van der Waals surface area contributed by atoms with E-state index in [0.29, 0.717) is 0 Å². The van der Waals surface area contributed by atoms with Gasteiger partial charge in [0.15, 0.2) is 0 Å². The molecule has 20 heavy (non-hydrogen) atoms. The highest BCUT2D eigenvalue weighted by atomic mass is 16.4. The molecule has 0 bridgehead atoms. The number of aliphatic carboxylic acids is 1. The molecule has 0 saturated carbocycles. The average molecular weight is 271 g/mol. The zero-order chi connectivity index (χ0) is 14.9. The largest absolute Gasteiger partial charge is 0.480 e. The third-order valence-electron chi connectivity index (χ3n) is 3.52. The molecule has 1 N–H and O–H groups in total. The molecule has 1 atom stereocenters. The number of aromatic nitrogens is 1. The van der Waals surface area contributed by atoms with Gasteiger partial charge in [-0.05, 0) is 37.0 Å². The lowest BCUT2D eigenvalue weighted by atomic mass is 10.0. The summed E-state index contributed by atoms with van der Waals surface area (Å²) in [5, 5.41) is 9.50. The predicted molar refractivity (Wildman–Crippen MR) is 80.9 cm³/mol. The molecule has 0 saturated heterocycles. The van der Waals surface area contributed by atoms with Crippen molar-refractivity contribution in [2.75, 3.05) is 0 Å². The van der Waals surface area contributed by atoms with Crippen LogP contribution in [0.3, 0.4) is 0 Å². The highest BCUT2D eigenvalue weighted by molar-refractivity contribution is 5.74. The van der Waals surface area contributed by atoms with Gasteiger partial charge in [0, 0.05) is 11.9 Å². The molecular formula is C17H21NO2. The molecular weight excluding hydrogens is 250 g/mol. The Bertz CT molecular complexity index is 608. The first-order valence-electron chi connectivity index (χ1n) is 6.88. The molecule has 1 heterocycles. The third kappa shape index (κ3) is 2.77. The Morgan fingerprint density at radius 2 is 1.70 bits per heavy atom. The fourth-order valence-corrected chi connectivity index (χ4v) is 2.53. The molecule has 0 aliphatic heterocycles. The molecule has 3 nitrogen and oxygen atoms in total. The van der Waals surface area contributed by atoms with Crippen LogP contribution < -0.4 is 0 Å². The first kappa shape index (κ1) is 14.4. The Morgan fingerprint density at radius 3 is 2.20 bits per heavy atom. The van der Waals surface area contributed by atoms with Crippen molar-refractivity contribution in [1.82, 2.24) is 4.57 Å². The highest BCUT2D eigenvalue weighted by Gasteiger charge is 2.25. The van der Waals surface area contributed by atoms with Crippen molar-refractivity contribution in [3.63, 3.8) is 0 Å². The summed E-state index contributed by atoms with van der Waals surface area (Å²) in [4.78, 5) is 11.6. The zero-order valence-corrected chi connectivity index (χ0v) is 12.4. The van der Waals surface area contributed by atoms with Gasteiger partial charge in [0.1, 0.15) is 6.04 Å². The topological polar surface area (TPSA) is 42.2 Å². The minimum Gasteiger partial charge on any atom is -0.480 e. The van der Waals surface area contributed by atoms with Crippen LogP contribution in [0.1, 0.15) is 31.0 Å². The van der Waals surface area contributed by atoms with Gasteiger partial charge in [0.25, 0.3) is 0 Å². The number of carboxylic acids is 1. The number of aryl methyl sites for hydroxylation is 2. The van der Waals surface area contributed by atoms with E-state index in [1.807, 2.05) is 68.8 Å². The summed E-state index contributed by atoms with van der Waals surface area (Å²) < 4.78 is 1.88. The number of nitrogens with zero attached hydrogens (tertiary/aromatic N) is 1. The quantitative estimate of drug-likeness (QED) is 0.911. The van der Waals surface area contributed by atoms with Crippen LogP contribution in [0.15, 0.2) is 36.5 Å². The van der Waals surface area contributed by atoms with E-state index in [-0.39, 0.29) is 5.92 Å². The Hall–Kier alpha value is -2.03. The van der Waals surface area contributed by atoms with Crippen molar-refractivity contribution in [3.8, 4) is 11.3 Å². The summed E-state index contributed by atoms with van der Waals surface area (Å²) in [6.07, 6.45) is 1.92. The number of rotatable bonds is 4. The normalized spacial score (nSPS) is 12.7. The van der Waals surface area contributed by atoms with E-state index in [1.165, 1.54) is 5.56 Å². The van der Waals surface area contributed by atoms with Crippen LogP contribution in [0.4, 0.5) is 0 Å². The molecule has 0 radical (unpaired) electrons. The lowest BCUT2D eigenvalue weighted by Gasteiger charge is -2.21. The van der Waals surface area contributed by atoms with Gasteiger partial charge in [-0.1, -0.05) is 43.7 Å². The predicted octanol–water partition coefficient (Wildman–Crippen LogP) is 4.05. The first-order chi connectivity index (χ1) is 9.40. The van der Waals surface area contributed by atoms with Gasteiger partial charge in [-0.3, -0.25) is 0 Å². The second-order valence-electron chi connectivity index (χ2n) is 5.70. The second kappa shape index (κ2) is 5.53. The van der Waals surface area contributed by atoms with Crippen molar-refractivity contribution in [2.45, 2.75) is 33.7 Å². The van der Waals surface area contributed by atoms with Crippen molar-refractivity contribution in [1.29, 1.82) is 0 Å². The van der Waals surface area contributed by atoms with Crippen molar-refractivity contribution in [3.05, 3.63) is 47.7 Å². The van der Waals surface area contributed by atoms with E-state index in [0.717, 1.165) is 16.8 Å². The lowest BCUT2D eigenvalue weighted by Crippen LogP contribution is -2.24. The van der Waals surface area contributed by atoms with E-state index in [2.05, 4.69) is 0 Å². The van der Waals surface area contributed by atoms with Crippen LogP contribution in [0.25, 0.3) is 11.3 Å². The van der Waals surface area contributed by atoms with Crippen LogP contribution in [0, 0.1) is 19.8 Å². The minimum absolute atomic E-state index is 0.0310. The maximum atomic E-state index is 11.6. The Balaban J connectivity index is 2.55. The molecule has 0 amide bonds. The summed E-state index contributed by atoms with van der Waals surface area (Å²) in [6.45, 7) is 7.91. The number of benzene rings is 1. The van der Waals surface area contributed by atoms with Gasteiger partial charge in [-0.25, -0.2) is 4.79 Å². The monoisotopic (exact) mass is 271 g/mol. The number of carboxylic acid groups (broad SMARTS) is 1. The molecule has 1 aromatic carbocycles. The van der Waals surface area contributed by atoms with Gasteiger partial charge in [-0.2, -0.15) is 0 Å². The summed E-state index contributed by atoms with van der Waals surface area (Å²) in [7, 11) is 0. The highest BCUT2D eigenvalue weighted by Crippen LogP contribution is 2.29. The van der Waals surface area contributed by atoms with Gasteiger partial charge in [0.2, 0.25) is 0 Å². The Labute approximate surface area is 119 Å². The summed E-state index contributed by atoms with van der Waals surface area (Å²) in [5.41, 5.74) is 4.29. The fraction of sp³-hybridized carbons (Fsp3) is 0.353. The SMILES string of the molecule is Cc1ccc(-c2cc(C)cn2C(C(=O)O)C(C)C)cc1. The number of carbonyl (C=O) groups is 1. The second-order valence-corrected chi connectivity index (χ2v) is 5.70. The summed E-state index contributed by atoms with van der Waals surface area (Å²) in [5.74, 6) is -0.757.